The molecule has 0 saturated heterocycles. The third-order valence-electron chi connectivity index (χ3n) is 7.21. The van der Waals surface area contributed by atoms with Gasteiger partial charge in [0.2, 0.25) is 0 Å². The van der Waals surface area contributed by atoms with Crippen molar-refractivity contribution in [3.8, 4) is 5.19 Å². The highest BCUT2D eigenvalue weighted by Gasteiger charge is 2.36. The molecule has 0 bridgehead atoms. The van der Waals surface area contributed by atoms with E-state index in [0.29, 0.717) is 70.1 Å². The summed E-state index contributed by atoms with van der Waals surface area (Å²) in [5.74, 6) is -0.163. The molecular formula is C25H29F4N5O2S. The molecule has 0 spiro atoms. The molecular weight excluding hydrogens is 510 g/mol. The number of fused-ring (bicyclic) bond motifs is 2. The van der Waals surface area contributed by atoms with Gasteiger partial charge in [-0.1, -0.05) is 11.3 Å². The van der Waals surface area contributed by atoms with Crippen LogP contribution in [0.5, 0.6) is 5.19 Å². The number of alkyl halides is 4. The van der Waals surface area contributed by atoms with Crippen molar-refractivity contribution in [2.75, 3.05) is 26.2 Å². The van der Waals surface area contributed by atoms with Crippen LogP contribution in [0.2, 0.25) is 0 Å². The molecule has 1 aliphatic carbocycles. The standard InChI is InChI=1S/C25H29F4N5O2S/c26-24(8-3-17(4-9-24)31-22(35)18-5-14-34-20(18)2-1-11-30-34)10-15-33-12-6-19-21(7-13-33)37-23(32-19)36-16-25(27,28)29/h1-2,5,11,14,17H,3-4,6-10,12-13,15-16H2,(H,31,35). The number of halogens is 4. The number of hydrogen-bond donors (Lipinski definition) is 1. The van der Waals surface area contributed by atoms with Gasteiger partial charge >= 0.3 is 6.18 Å². The van der Waals surface area contributed by atoms with Crippen LogP contribution in [0.3, 0.4) is 0 Å². The smallest absolute Gasteiger partial charge is 0.422 e. The first kappa shape index (κ1) is 25.9. The molecule has 1 aliphatic heterocycles. The Balaban J connectivity index is 1.06. The van der Waals surface area contributed by atoms with Gasteiger partial charge in [-0.25, -0.2) is 13.9 Å². The Hall–Kier alpha value is -2.73. The van der Waals surface area contributed by atoms with Crippen LogP contribution in [0.4, 0.5) is 17.6 Å². The highest BCUT2D eigenvalue weighted by molar-refractivity contribution is 7.13. The SMILES string of the molecule is O=C(NC1CCC(F)(CCN2CCc3nc(OCC(F)(F)F)sc3CC2)CC1)c1ccn2ncccc12. The van der Waals surface area contributed by atoms with Crippen molar-refractivity contribution >= 4 is 22.8 Å². The van der Waals surface area contributed by atoms with Gasteiger partial charge in [0.05, 0.1) is 16.8 Å². The lowest BCUT2D eigenvalue weighted by Gasteiger charge is -2.35. The predicted molar refractivity (Wildman–Crippen MR) is 131 cm³/mol. The van der Waals surface area contributed by atoms with Crippen LogP contribution in [-0.2, 0) is 12.8 Å². The van der Waals surface area contributed by atoms with Crippen LogP contribution in [-0.4, -0.2) is 69.5 Å². The van der Waals surface area contributed by atoms with E-state index in [0.717, 1.165) is 16.1 Å². The molecule has 0 atom stereocenters. The first-order valence-corrected chi connectivity index (χ1v) is 13.3. The van der Waals surface area contributed by atoms with Crippen LogP contribution in [0.1, 0.15) is 53.0 Å². The van der Waals surface area contributed by atoms with Crippen LogP contribution >= 0.6 is 11.3 Å². The van der Waals surface area contributed by atoms with Gasteiger partial charge in [0, 0.05) is 49.4 Å². The summed E-state index contributed by atoms with van der Waals surface area (Å²) in [4.78, 5) is 20.2. The molecule has 37 heavy (non-hydrogen) atoms. The van der Waals surface area contributed by atoms with Crippen LogP contribution < -0.4 is 10.1 Å². The average molecular weight is 540 g/mol. The number of carbonyl (C=O) groups excluding carboxylic acids is 1. The van der Waals surface area contributed by atoms with Crippen molar-refractivity contribution in [2.45, 2.75) is 62.8 Å². The molecule has 0 aromatic carbocycles. The lowest BCUT2D eigenvalue weighted by molar-refractivity contribution is -0.153. The average Bonchev–Trinajstić information content (AvgIpc) is 3.43. The number of nitrogens with zero attached hydrogens (tertiary/aromatic N) is 4. The van der Waals surface area contributed by atoms with E-state index in [1.54, 1.807) is 29.0 Å². The lowest BCUT2D eigenvalue weighted by Crippen LogP contribution is -2.43. The Morgan fingerprint density at radius 1 is 1.22 bits per heavy atom. The number of amides is 1. The summed E-state index contributed by atoms with van der Waals surface area (Å²) in [6.45, 7) is 0.674. The Morgan fingerprint density at radius 3 is 2.78 bits per heavy atom. The zero-order valence-electron chi connectivity index (χ0n) is 20.3. The van der Waals surface area contributed by atoms with E-state index < -0.39 is 18.5 Å². The first-order valence-electron chi connectivity index (χ1n) is 12.5. The molecule has 1 amide bonds. The van der Waals surface area contributed by atoms with E-state index in [4.69, 9.17) is 4.74 Å². The monoisotopic (exact) mass is 539 g/mol. The van der Waals surface area contributed by atoms with Gasteiger partial charge < -0.3 is 15.0 Å². The van der Waals surface area contributed by atoms with Crippen molar-refractivity contribution in [1.29, 1.82) is 0 Å². The van der Waals surface area contributed by atoms with E-state index in [9.17, 15) is 18.0 Å². The Bertz CT molecular complexity index is 1210. The highest BCUT2D eigenvalue weighted by Crippen LogP contribution is 2.36. The predicted octanol–water partition coefficient (Wildman–Crippen LogP) is 4.60. The number of nitrogens with one attached hydrogen (secondary N) is 1. The second-order valence-electron chi connectivity index (χ2n) is 9.83. The number of carbonyl (C=O) groups is 1. The fourth-order valence-electron chi connectivity index (χ4n) is 5.10. The second-order valence-corrected chi connectivity index (χ2v) is 10.9. The van der Waals surface area contributed by atoms with Gasteiger partial charge in [0.1, 0.15) is 5.67 Å². The van der Waals surface area contributed by atoms with Crippen LogP contribution in [0.25, 0.3) is 5.52 Å². The van der Waals surface area contributed by atoms with Gasteiger partial charge in [-0.3, -0.25) is 4.79 Å². The summed E-state index contributed by atoms with van der Waals surface area (Å²) in [6.07, 6.45) is 2.70. The maximum atomic E-state index is 15.6. The van der Waals surface area contributed by atoms with Gasteiger partial charge in [0.15, 0.2) is 6.61 Å². The molecule has 1 saturated carbocycles. The molecule has 0 radical (unpaired) electrons. The molecule has 1 fully saturated rings. The van der Waals surface area contributed by atoms with Gasteiger partial charge in [-0.05, 0) is 56.7 Å². The van der Waals surface area contributed by atoms with Crippen LogP contribution in [0, 0.1) is 0 Å². The minimum atomic E-state index is -4.39. The quantitative estimate of drug-likeness (QED) is 0.445. The fraction of sp³-hybridized carbons (Fsp3) is 0.560. The molecule has 5 rings (SSSR count). The molecule has 7 nitrogen and oxygen atoms in total. The fourth-order valence-corrected chi connectivity index (χ4v) is 6.05. The summed E-state index contributed by atoms with van der Waals surface area (Å²) >= 11 is 1.17. The van der Waals surface area contributed by atoms with Gasteiger partial charge in [0.25, 0.3) is 11.1 Å². The normalized spacial score (nSPS) is 23.0. The van der Waals surface area contributed by atoms with Crippen molar-refractivity contribution in [1.82, 2.24) is 24.8 Å². The van der Waals surface area contributed by atoms with E-state index in [1.807, 2.05) is 6.07 Å². The van der Waals surface area contributed by atoms with Crippen molar-refractivity contribution < 1.29 is 27.1 Å². The number of thiazole rings is 1. The first-order chi connectivity index (χ1) is 17.7. The molecule has 12 heteroatoms. The molecule has 200 valence electrons. The number of hydrogen-bond acceptors (Lipinski definition) is 6. The summed E-state index contributed by atoms with van der Waals surface area (Å²) in [6, 6.07) is 5.31. The third-order valence-corrected chi connectivity index (χ3v) is 8.28. The van der Waals surface area contributed by atoms with Crippen molar-refractivity contribution in [3.05, 3.63) is 46.7 Å². The maximum absolute atomic E-state index is 15.6. The number of ether oxygens (including phenoxy) is 1. The Morgan fingerprint density at radius 2 is 2.00 bits per heavy atom. The van der Waals surface area contributed by atoms with E-state index in [1.165, 1.54) is 11.3 Å². The van der Waals surface area contributed by atoms with Crippen molar-refractivity contribution in [3.63, 3.8) is 0 Å². The second kappa shape index (κ2) is 10.6. The minimum absolute atomic E-state index is 0.0583. The number of rotatable bonds is 7. The third kappa shape index (κ3) is 6.40. The van der Waals surface area contributed by atoms with Gasteiger partial charge in [-0.15, -0.1) is 0 Å². The van der Waals surface area contributed by atoms with E-state index in [-0.39, 0.29) is 17.1 Å². The largest absolute Gasteiger partial charge is 0.460 e. The maximum Gasteiger partial charge on any atom is 0.422 e. The topological polar surface area (TPSA) is 71.8 Å². The summed E-state index contributed by atoms with van der Waals surface area (Å²) < 4.78 is 59.2. The van der Waals surface area contributed by atoms with Crippen molar-refractivity contribution in [2.24, 2.45) is 0 Å². The molecule has 4 heterocycles. The Kier molecular flexibility index (Phi) is 7.39. The zero-order chi connectivity index (χ0) is 26.0. The highest BCUT2D eigenvalue weighted by atomic mass is 32.1. The Labute approximate surface area is 215 Å². The summed E-state index contributed by atoms with van der Waals surface area (Å²) in [5.41, 5.74) is 0.820. The molecule has 1 N–H and O–H groups in total. The molecule has 2 aliphatic rings. The lowest BCUT2D eigenvalue weighted by atomic mass is 9.81. The summed E-state index contributed by atoms with van der Waals surface area (Å²) in [5, 5.41) is 7.30. The van der Waals surface area contributed by atoms with E-state index in [2.05, 4.69) is 20.3 Å². The number of aromatic nitrogens is 3. The van der Waals surface area contributed by atoms with E-state index >= 15 is 4.39 Å². The molecule has 3 aromatic rings. The summed E-state index contributed by atoms with van der Waals surface area (Å²) in [7, 11) is 0. The molecule has 3 aromatic heterocycles. The zero-order valence-corrected chi connectivity index (χ0v) is 21.1. The minimum Gasteiger partial charge on any atom is -0.460 e. The van der Waals surface area contributed by atoms with Crippen LogP contribution in [0.15, 0.2) is 30.6 Å². The van der Waals surface area contributed by atoms with Gasteiger partial charge in [-0.2, -0.15) is 18.3 Å². The molecule has 0 unspecified atom stereocenters.